The summed E-state index contributed by atoms with van der Waals surface area (Å²) >= 11 is 0. The average Bonchev–Trinajstić information content (AvgIpc) is 3.11. The maximum atomic E-state index is 12.7. The number of aromatic nitrogens is 4. The molecule has 0 fully saturated rings. The van der Waals surface area contributed by atoms with Crippen LogP contribution in [0, 0.1) is 6.92 Å². The van der Waals surface area contributed by atoms with Crippen LogP contribution in [0.25, 0.3) is 0 Å². The lowest BCUT2D eigenvalue weighted by molar-refractivity contribution is 0.0933. The quantitative estimate of drug-likeness (QED) is 0.642. The lowest BCUT2D eigenvalue weighted by Crippen LogP contribution is -2.29. The number of carbonyl (C=O) groups excluding carboxylic acids is 1. The molecule has 0 spiro atoms. The van der Waals surface area contributed by atoms with Crippen LogP contribution in [0.3, 0.4) is 0 Å². The normalized spacial score (nSPS) is 11.8. The van der Waals surface area contributed by atoms with E-state index in [4.69, 9.17) is 0 Å². The number of hydrogen-bond donors (Lipinski definition) is 2. The Morgan fingerprint density at radius 1 is 1.15 bits per heavy atom. The molecule has 0 aliphatic rings. The Hall–Kier alpha value is -3.22. The first-order chi connectivity index (χ1) is 13.2. The number of nitrogens with one attached hydrogen (secondary N) is 2. The smallest absolute Gasteiger partial charge is 0.254 e. The molecular formula is C20H24N6O. The minimum atomic E-state index is -0.186. The van der Waals surface area contributed by atoms with Crippen molar-refractivity contribution in [2.24, 2.45) is 0 Å². The summed E-state index contributed by atoms with van der Waals surface area (Å²) in [6.45, 7) is 5.44. The molecule has 0 bridgehead atoms. The molecule has 7 nitrogen and oxygen atoms in total. The summed E-state index contributed by atoms with van der Waals surface area (Å²) < 4.78 is 2.08. The second-order valence-electron chi connectivity index (χ2n) is 6.22. The van der Waals surface area contributed by atoms with E-state index >= 15 is 0 Å². The van der Waals surface area contributed by atoms with Gasteiger partial charge in [0.1, 0.15) is 5.82 Å². The van der Waals surface area contributed by atoms with E-state index in [0.29, 0.717) is 11.5 Å². The monoisotopic (exact) mass is 364 g/mol. The SMILES string of the molecule is CCNc1ncc(C(=O)NC(CCn2ccnc2C)c2ccccc2)cn1. The van der Waals surface area contributed by atoms with Gasteiger partial charge in [-0.05, 0) is 25.8 Å². The van der Waals surface area contributed by atoms with Crippen molar-refractivity contribution in [2.45, 2.75) is 32.9 Å². The number of imidazole rings is 1. The van der Waals surface area contributed by atoms with Gasteiger partial charge < -0.3 is 15.2 Å². The summed E-state index contributed by atoms with van der Waals surface area (Å²) in [7, 11) is 0. The van der Waals surface area contributed by atoms with Gasteiger partial charge in [-0.15, -0.1) is 0 Å². The number of amides is 1. The molecule has 140 valence electrons. The maximum Gasteiger partial charge on any atom is 0.254 e. The zero-order valence-corrected chi connectivity index (χ0v) is 15.6. The fourth-order valence-electron chi connectivity index (χ4n) is 2.85. The Kier molecular flexibility index (Phi) is 6.14. The molecule has 0 aliphatic heterocycles. The molecule has 7 heteroatoms. The standard InChI is InChI=1S/C20H24N6O/c1-3-21-20-23-13-17(14-24-20)19(27)25-18(16-7-5-4-6-8-16)9-11-26-12-10-22-15(26)2/h4-8,10,12-14,18H,3,9,11H2,1-2H3,(H,25,27)(H,21,23,24). The number of aryl methyl sites for hydroxylation is 2. The first kappa shape index (κ1) is 18.6. The predicted octanol–water partition coefficient (Wildman–Crippen LogP) is 2.97. The highest BCUT2D eigenvalue weighted by Crippen LogP contribution is 2.19. The van der Waals surface area contributed by atoms with E-state index in [2.05, 4.69) is 30.2 Å². The van der Waals surface area contributed by atoms with Crippen LogP contribution in [0.15, 0.2) is 55.1 Å². The molecule has 1 unspecified atom stereocenters. The van der Waals surface area contributed by atoms with E-state index in [0.717, 1.165) is 30.9 Å². The number of benzene rings is 1. The van der Waals surface area contributed by atoms with Crippen molar-refractivity contribution in [2.75, 3.05) is 11.9 Å². The molecule has 2 heterocycles. The second-order valence-corrected chi connectivity index (χ2v) is 6.22. The highest BCUT2D eigenvalue weighted by Gasteiger charge is 2.17. The topological polar surface area (TPSA) is 84.7 Å². The van der Waals surface area contributed by atoms with Gasteiger partial charge in [-0.1, -0.05) is 30.3 Å². The summed E-state index contributed by atoms with van der Waals surface area (Å²) in [5, 5.41) is 6.13. The van der Waals surface area contributed by atoms with Crippen molar-refractivity contribution < 1.29 is 4.79 Å². The zero-order valence-electron chi connectivity index (χ0n) is 15.6. The van der Waals surface area contributed by atoms with Gasteiger partial charge in [-0.3, -0.25) is 4.79 Å². The lowest BCUT2D eigenvalue weighted by Gasteiger charge is -2.20. The van der Waals surface area contributed by atoms with Crippen LogP contribution in [0.5, 0.6) is 0 Å². The molecule has 0 radical (unpaired) electrons. The third kappa shape index (κ3) is 4.91. The van der Waals surface area contributed by atoms with Gasteiger partial charge in [-0.2, -0.15) is 0 Å². The first-order valence-electron chi connectivity index (χ1n) is 9.07. The van der Waals surface area contributed by atoms with Gasteiger partial charge in [0, 0.05) is 37.9 Å². The van der Waals surface area contributed by atoms with E-state index in [9.17, 15) is 4.79 Å². The van der Waals surface area contributed by atoms with Crippen LogP contribution in [0.2, 0.25) is 0 Å². The minimum Gasteiger partial charge on any atom is -0.355 e. The van der Waals surface area contributed by atoms with Gasteiger partial charge in [0.2, 0.25) is 5.95 Å². The summed E-state index contributed by atoms with van der Waals surface area (Å²) in [6.07, 6.45) is 7.58. The fraction of sp³-hybridized carbons (Fsp3) is 0.300. The predicted molar refractivity (Wildman–Crippen MR) is 104 cm³/mol. The fourth-order valence-corrected chi connectivity index (χ4v) is 2.85. The number of anilines is 1. The third-order valence-corrected chi connectivity index (χ3v) is 4.34. The molecule has 3 aromatic rings. The second kappa shape index (κ2) is 8.93. The van der Waals surface area contributed by atoms with Crippen molar-refractivity contribution in [1.82, 2.24) is 24.8 Å². The van der Waals surface area contributed by atoms with E-state index < -0.39 is 0 Å². The third-order valence-electron chi connectivity index (χ3n) is 4.34. The van der Waals surface area contributed by atoms with E-state index in [-0.39, 0.29) is 11.9 Å². The van der Waals surface area contributed by atoms with E-state index in [1.165, 1.54) is 0 Å². The molecule has 1 amide bonds. The molecule has 3 rings (SSSR count). The lowest BCUT2D eigenvalue weighted by atomic mass is 10.0. The van der Waals surface area contributed by atoms with Gasteiger partial charge in [0.05, 0.1) is 11.6 Å². The Morgan fingerprint density at radius 3 is 2.52 bits per heavy atom. The van der Waals surface area contributed by atoms with Gasteiger partial charge >= 0.3 is 0 Å². The average molecular weight is 364 g/mol. The van der Waals surface area contributed by atoms with Crippen LogP contribution in [-0.4, -0.2) is 32.0 Å². The number of nitrogens with zero attached hydrogens (tertiary/aromatic N) is 4. The van der Waals surface area contributed by atoms with Gasteiger partial charge in [0.15, 0.2) is 0 Å². The van der Waals surface area contributed by atoms with E-state index in [1.807, 2.05) is 50.4 Å². The van der Waals surface area contributed by atoms with Crippen molar-refractivity contribution in [3.05, 3.63) is 72.1 Å². The Balaban J connectivity index is 1.72. The molecule has 0 saturated heterocycles. The first-order valence-corrected chi connectivity index (χ1v) is 9.07. The molecular weight excluding hydrogens is 340 g/mol. The molecule has 0 aliphatic carbocycles. The van der Waals surface area contributed by atoms with Crippen molar-refractivity contribution >= 4 is 11.9 Å². The summed E-state index contributed by atoms with van der Waals surface area (Å²) in [5.74, 6) is 1.29. The summed E-state index contributed by atoms with van der Waals surface area (Å²) in [4.78, 5) is 25.3. The van der Waals surface area contributed by atoms with Crippen LogP contribution in [-0.2, 0) is 6.54 Å². The Labute approximate surface area is 158 Å². The summed E-state index contributed by atoms with van der Waals surface area (Å²) in [6, 6.07) is 9.85. The molecule has 0 saturated carbocycles. The van der Waals surface area contributed by atoms with Crippen molar-refractivity contribution in [3.8, 4) is 0 Å². The Morgan fingerprint density at radius 2 is 1.89 bits per heavy atom. The number of carbonyl (C=O) groups is 1. The van der Waals surface area contributed by atoms with Crippen molar-refractivity contribution in [1.29, 1.82) is 0 Å². The molecule has 2 N–H and O–H groups in total. The van der Waals surface area contributed by atoms with Crippen LogP contribution in [0.1, 0.15) is 41.1 Å². The van der Waals surface area contributed by atoms with Crippen LogP contribution in [0.4, 0.5) is 5.95 Å². The summed E-state index contributed by atoms with van der Waals surface area (Å²) in [5.41, 5.74) is 1.50. The van der Waals surface area contributed by atoms with Crippen LogP contribution < -0.4 is 10.6 Å². The highest BCUT2D eigenvalue weighted by atomic mass is 16.1. The van der Waals surface area contributed by atoms with Crippen molar-refractivity contribution in [3.63, 3.8) is 0 Å². The minimum absolute atomic E-state index is 0.117. The van der Waals surface area contributed by atoms with Gasteiger partial charge in [-0.25, -0.2) is 15.0 Å². The molecule has 1 aromatic carbocycles. The molecule has 2 aromatic heterocycles. The number of rotatable bonds is 8. The highest BCUT2D eigenvalue weighted by molar-refractivity contribution is 5.93. The van der Waals surface area contributed by atoms with E-state index in [1.54, 1.807) is 18.6 Å². The molecule has 27 heavy (non-hydrogen) atoms. The number of hydrogen-bond acceptors (Lipinski definition) is 5. The largest absolute Gasteiger partial charge is 0.355 e. The maximum absolute atomic E-state index is 12.7. The Bertz CT molecular complexity index is 860. The van der Waals surface area contributed by atoms with Crippen LogP contribution >= 0.6 is 0 Å². The zero-order chi connectivity index (χ0) is 19.1. The van der Waals surface area contributed by atoms with Gasteiger partial charge in [0.25, 0.3) is 5.91 Å². The molecule has 1 atom stereocenters.